The summed E-state index contributed by atoms with van der Waals surface area (Å²) < 4.78 is 0. The highest BCUT2D eigenvalue weighted by atomic mass is 16.4. The summed E-state index contributed by atoms with van der Waals surface area (Å²) in [6.07, 6.45) is 0. The zero-order valence-electron chi connectivity index (χ0n) is 11.5. The summed E-state index contributed by atoms with van der Waals surface area (Å²) >= 11 is 0. The van der Waals surface area contributed by atoms with Crippen LogP contribution in [0.25, 0.3) is 10.8 Å². The summed E-state index contributed by atoms with van der Waals surface area (Å²) in [5.74, 6) is -0.806. The van der Waals surface area contributed by atoms with Crippen molar-refractivity contribution < 1.29 is 9.90 Å². The predicted molar refractivity (Wildman–Crippen MR) is 77.2 cm³/mol. The lowest BCUT2D eigenvalue weighted by atomic mass is 9.80. The highest BCUT2D eigenvalue weighted by Crippen LogP contribution is 2.34. The first-order valence-corrected chi connectivity index (χ1v) is 6.36. The maximum absolute atomic E-state index is 11.4. The monoisotopic (exact) mass is 257 g/mol. The number of rotatable bonds is 4. The second kappa shape index (κ2) is 5.02. The quantitative estimate of drug-likeness (QED) is 0.884. The third kappa shape index (κ3) is 2.47. The van der Waals surface area contributed by atoms with Gasteiger partial charge in [0.1, 0.15) is 0 Å². The number of nitrogens with one attached hydrogen (secondary N) is 1. The van der Waals surface area contributed by atoms with Gasteiger partial charge in [-0.3, -0.25) is 4.79 Å². The Bertz CT molecular complexity index is 604. The summed E-state index contributed by atoms with van der Waals surface area (Å²) in [5.41, 5.74) is 0.130. The summed E-state index contributed by atoms with van der Waals surface area (Å²) in [4.78, 5) is 11.4. The van der Waals surface area contributed by atoms with Gasteiger partial charge in [-0.2, -0.15) is 0 Å². The Morgan fingerprint density at radius 3 is 2.37 bits per heavy atom. The lowest BCUT2D eigenvalue weighted by Crippen LogP contribution is -2.38. The lowest BCUT2D eigenvalue weighted by molar-refractivity contribution is -0.148. The first-order valence-electron chi connectivity index (χ1n) is 6.36. The van der Waals surface area contributed by atoms with Gasteiger partial charge >= 0.3 is 5.97 Å². The minimum absolute atomic E-state index is 0.227. The molecule has 1 atom stereocenters. The number of benzene rings is 2. The Labute approximate surface area is 113 Å². The van der Waals surface area contributed by atoms with Crippen molar-refractivity contribution in [1.29, 1.82) is 0 Å². The molecule has 0 amide bonds. The Morgan fingerprint density at radius 1 is 1.16 bits per heavy atom. The van der Waals surface area contributed by atoms with Crippen molar-refractivity contribution in [2.45, 2.75) is 19.9 Å². The topological polar surface area (TPSA) is 49.3 Å². The van der Waals surface area contributed by atoms with Gasteiger partial charge in [0, 0.05) is 6.04 Å². The van der Waals surface area contributed by atoms with E-state index >= 15 is 0 Å². The molecule has 1 unspecified atom stereocenters. The highest BCUT2D eigenvalue weighted by molar-refractivity contribution is 5.83. The molecular formula is C16H19NO2. The van der Waals surface area contributed by atoms with E-state index in [9.17, 15) is 9.90 Å². The van der Waals surface area contributed by atoms with Crippen molar-refractivity contribution in [3.63, 3.8) is 0 Å². The molecule has 19 heavy (non-hydrogen) atoms. The van der Waals surface area contributed by atoms with Crippen molar-refractivity contribution in [2.75, 3.05) is 7.05 Å². The average molecular weight is 257 g/mol. The molecule has 0 aliphatic carbocycles. The van der Waals surface area contributed by atoms with Crippen molar-refractivity contribution in [1.82, 2.24) is 5.32 Å². The van der Waals surface area contributed by atoms with Crippen molar-refractivity contribution >= 4 is 16.7 Å². The smallest absolute Gasteiger partial charge is 0.311 e. The van der Waals surface area contributed by atoms with Crippen LogP contribution in [0.3, 0.4) is 0 Å². The van der Waals surface area contributed by atoms with Gasteiger partial charge in [0.05, 0.1) is 5.41 Å². The third-order valence-electron chi connectivity index (χ3n) is 3.67. The molecule has 0 heterocycles. The molecule has 2 aromatic carbocycles. The number of carboxylic acids is 1. The number of hydrogen-bond acceptors (Lipinski definition) is 2. The normalized spacial score (nSPS) is 13.4. The van der Waals surface area contributed by atoms with Crippen molar-refractivity contribution in [3.8, 4) is 0 Å². The molecule has 0 bridgehead atoms. The first-order chi connectivity index (χ1) is 8.96. The minimum atomic E-state index is -0.864. The average Bonchev–Trinajstić information content (AvgIpc) is 2.39. The maximum atomic E-state index is 11.4. The lowest BCUT2D eigenvalue weighted by Gasteiger charge is -2.30. The SMILES string of the molecule is CNC(c1ccc2ccccc2c1)C(C)(C)C(=O)O. The minimum Gasteiger partial charge on any atom is -0.481 e. The Hall–Kier alpha value is -1.87. The standard InChI is InChI=1S/C16H19NO2/c1-16(2,15(18)19)14(17-3)13-9-8-11-6-4-5-7-12(11)10-13/h4-10,14,17H,1-3H3,(H,18,19). The van der Waals surface area contributed by atoms with Gasteiger partial charge in [-0.25, -0.2) is 0 Å². The van der Waals surface area contributed by atoms with Gasteiger partial charge in [-0.05, 0) is 43.3 Å². The van der Waals surface area contributed by atoms with E-state index in [1.165, 1.54) is 0 Å². The van der Waals surface area contributed by atoms with Gasteiger partial charge in [0.15, 0.2) is 0 Å². The maximum Gasteiger partial charge on any atom is 0.311 e. The molecule has 2 N–H and O–H groups in total. The molecule has 0 radical (unpaired) electrons. The van der Waals surface area contributed by atoms with E-state index in [2.05, 4.69) is 17.4 Å². The van der Waals surface area contributed by atoms with Gasteiger partial charge in [0.25, 0.3) is 0 Å². The number of aliphatic carboxylic acids is 1. The number of carboxylic acid groups (broad SMARTS) is 1. The van der Waals surface area contributed by atoms with Crippen LogP contribution in [0.4, 0.5) is 0 Å². The van der Waals surface area contributed by atoms with Crippen LogP contribution in [0.2, 0.25) is 0 Å². The van der Waals surface area contributed by atoms with Crippen LogP contribution in [0.15, 0.2) is 42.5 Å². The number of carbonyl (C=O) groups is 1. The Balaban J connectivity index is 2.49. The van der Waals surface area contributed by atoms with Gasteiger partial charge in [-0.1, -0.05) is 36.4 Å². The second-order valence-electron chi connectivity index (χ2n) is 5.36. The first kappa shape index (κ1) is 13.6. The largest absolute Gasteiger partial charge is 0.481 e. The van der Waals surface area contributed by atoms with Gasteiger partial charge < -0.3 is 10.4 Å². The molecule has 100 valence electrons. The molecule has 0 aromatic heterocycles. The molecule has 2 aromatic rings. The summed E-state index contributed by atoms with van der Waals surface area (Å²) in [7, 11) is 1.80. The molecule has 2 rings (SSSR count). The molecule has 0 aliphatic rings. The van der Waals surface area contributed by atoms with Crippen LogP contribution in [-0.4, -0.2) is 18.1 Å². The van der Waals surface area contributed by atoms with E-state index in [0.717, 1.165) is 16.3 Å². The van der Waals surface area contributed by atoms with Crippen LogP contribution < -0.4 is 5.32 Å². The fourth-order valence-corrected chi connectivity index (χ4v) is 2.46. The van der Waals surface area contributed by atoms with E-state index in [1.807, 2.05) is 30.3 Å². The van der Waals surface area contributed by atoms with Crippen LogP contribution in [0.1, 0.15) is 25.5 Å². The van der Waals surface area contributed by atoms with E-state index in [4.69, 9.17) is 0 Å². The van der Waals surface area contributed by atoms with E-state index in [1.54, 1.807) is 20.9 Å². The van der Waals surface area contributed by atoms with E-state index < -0.39 is 11.4 Å². The Kier molecular flexibility index (Phi) is 3.58. The van der Waals surface area contributed by atoms with Gasteiger partial charge in [-0.15, -0.1) is 0 Å². The molecule has 0 fully saturated rings. The highest BCUT2D eigenvalue weighted by Gasteiger charge is 2.36. The van der Waals surface area contributed by atoms with Crippen LogP contribution in [-0.2, 0) is 4.79 Å². The molecular weight excluding hydrogens is 238 g/mol. The zero-order chi connectivity index (χ0) is 14.0. The third-order valence-corrected chi connectivity index (χ3v) is 3.67. The summed E-state index contributed by atoms with van der Waals surface area (Å²) in [6, 6.07) is 13.9. The zero-order valence-corrected chi connectivity index (χ0v) is 11.5. The molecule has 0 aliphatic heterocycles. The summed E-state index contributed by atoms with van der Waals surface area (Å²) in [6.45, 7) is 3.48. The number of fused-ring (bicyclic) bond motifs is 1. The summed E-state index contributed by atoms with van der Waals surface area (Å²) in [5, 5.41) is 14.8. The molecule has 0 spiro atoms. The fraction of sp³-hybridized carbons (Fsp3) is 0.312. The molecule has 3 nitrogen and oxygen atoms in total. The van der Waals surface area contributed by atoms with E-state index in [-0.39, 0.29) is 6.04 Å². The van der Waals surface area contributed by atoms with Crippen molar-refractivity contribution in [2.24, 2.45) is 5.41 Å². The van der Waals surface area contributed by atoms with E-state index in [0.29, 0.717) is 0 Å². The van der Waals surface area contributed by atoms with Crippen LogP contribution in [0.5, 0.6) is 0 Å². The Morgan fingerprint density at radius 2 is 1.79 bits per heavy atom. The molecule has 0 saturated heterocycles. The van der Waals surface area contributed by atoms with Crippen LogP contribution >= 0.6 is 0 Å². The van der Waals surface area contributed by atoms with Crippen LogP contribution in [0, 0.1) is 5.41 Å². The van der Waals surface area contributed by atoms with Gasteiger partial charge in [0.2, 0.25) is 0 Å². The fourth-order valence-electron chi connectivity index (χ4n) is 2.46. The molecule has 0 saturated carbocycles. The predicted octanol–water partition coefficient (Wildman–Crippen LogP) is 3.21. The molecule has 3 heteroatoms. The van der Waals surface area contributed by atoms with Crippen molar-refractivity contribution in [3.05, 3.63) is 48.0 Å². The second-order valence-corrected chi connectivity index (χ2v) is 5.36. The number of hydrogen-bond donors (Lipinski definition) is 2.